The molecule has 0 unspecified atom stereocenters. The highest BCUT2D eigenvalue weighted by Gasteiger charge is 2.28. The fraction of sp³-hybridized carbons (Fsp3) is 0. The van der Waals surface area contributed by atoms with Gasteiger partial charge in [-0.05, 0) is 84.9 Å². The standard InChI is InChI=1S/2C32H15N5O2/c1-4-11-26-16(6-1)18-12-13-21-28(30(18)39-26)34-32-35(21)22-8-5-9-23-29(22)37(32)31-33-20-14-19-17-7-2-3-10-25(17)38-27(19)15-24(20)36(23)31;1-3-10-24-16(6-1)18-14-19-23(15-27(18)39-24)36-22-9-5-8-21-30(22)37(31(36)33-19)32-34-29-20(35(21)32)12-13-26-28(29)17-7-2-4-11-25(17)38-26/h2*1-15H. The average Bonchev–Trinajstić information content (AvgIpc) is 3.68. The summed E-state index contributed by atoms with van der Waals surface area (Å²) >= 11 is 0. The van der Waals surface area contributed by atoms with E-state index >= 15 is 0 Å². The highest BCUT2D eigenvalue weighted by Crippen LogP contribution is 2.43. The Balaban J connectivity index is 0.000000112. The first kappa shape index (κ1) is 38.5. The summed E-state index contributed by atoms with van der Waals surface area (Å²) in [6.07, 6.45) is 0. The van der Waals surface area contributed by atoms with Crippen LogP contribution in [0, 0.1) is 0 Å². The third-order valence-electron chi connectivity index (χ3n) is 16.8. The summed E-state index contributed by atoms with van der Waals surface area (Å²) in [7, 11) is 0. The maximum atomic E-state index is 6.33. The van der Waals surface area contributed by atoms with Crippen molar-refractivity contribution >= 4 is 188 Å². The number of hydrogen-bond acceptors (Lipinski definition) is 8. The Hall–Kier alpha value is -11.1. The van der Waals surface area contributed by atoms with Gasteiger partial charge in [-0.15, -0.1) is 0 Å². The number of benzene rings is 10. The van der Waals surface area contributed by atoms with Crippen LogP contribution in [0.1, 0.15) is 0 Å². The molecular weight excluding hydrogens is 973 g/mol. The van der Waals surface area contributed by atoms with Gasteiger partial charge in [0.15, 0.2) is 5.58 Å². The van der Waals surface area contributed by atoms with Crippen molar-refractivity contribution < 1.29 is 17.7 Å². The van der Waals surface area contributed by atoms with Crippen molar-refractivity contribution in [2.45, 2.75) is 0 Å². The lowest BCUT2D eigenvalue weighted by Crippen LogP contribution is -1.87. The van der Waals surface area contributed by atoms with Crippen molar-refractivity contribution in [3.05, 3.63) is 182 Å². The Labute approximate surface area is 432 Å². The van der Waals surface area contributed by atoms with Crippen LogP contribution in [0.25, 0.3) is 188 Å². The zero-order valence-electron chi connectivity index (χ0n) is 40.4. The van der Waals surface area contributed by atoms with Gasteiger partial charge >= 0.3 is 0 Å². The van der Waals surface area contributed by atoms with Gasteiger partial charge in [0, 0.05) is 49.8 Å². The number of para-hydroxylation sites is 6. The fourth-order valence-corrected chi connectivity index (χ4v) is 13.6. The van der Waals surface area contributed by atoms with E-state index in [4.69, 9.17) is 37.6 Å². The summed E-state index contributed by atoms with van der Waals surface area (Å²) in [4.78, 5) is 20.8. The summed E-state index contributed by atoms with van der Waals surface area (Å²) in [6, 6.07) is 62.4. The van der Waals surface area contributed by atoms with Crippen LogP contribution in [-0.2, 0) is 0 Å². The van der Waals surface area contributed by atoms with Crippen LogP contribution in [-0.4, -0.2) is 46.3 Å². The minimum absolute atomic E-state index is 0.813. The molecule has 0 bridgehead atoms. The predicted octanol–water partition coefficient (Wildman–Crippen LogP) is 15.9. The van der Waals surface area contributed by atoms with Gasteiger partial charge in [-0.2, -0.15) is 0 Å². The van der Waals surface area contributed by atoms with Crippen LogP contribution in [0.15, 0.2) is 200 Å². The van der Waals surface area contributed by atoms with E-state index in [0.717, 1.165) is 188 Å². The van der Waals surface area contributed by atoms with E-state index in [9.17, 15) is 0 Å². The van der Waals surface area contributed by atoms with Gasteiger partial charge in [-0.1, -0.05) is 84.9 Å². The normalized spacial score (nSPS) is 13.1. The van der Waals surface area contributed by atoms with Crippen LogP contribution in [0.5, 0.6) is 0 Å². The van der Waals surface area contributed by atoms with Gasteiger partial charge in [0.05, 0.1) is 60.6 Å². The van der Waals surface area contributed by atoms with Gasteiger partial charge in [0.1, 0.15) is 61.1 Å². The number of hydrogen-bond donors (Lipinski definition) is 0. The summed E-state index contributed by atoms with van der Waals surface area (Å²) in [5, 5.41) is 8.65. The van der Waals surface area contributed by atoms with Crippen molar-refractivity contribution in [3.8, 4) is 0 Å². The van der Waals surface area contributed by atoms with Crippen LogP contribution in [0.3, 0.4) is 0 Å². The first-order valence-corrected chi connectivity index (χ1v) is 25.9. The highest BCUT2D eigenvalue weighted by molar-refractivity contribution is 6.20. The Morgan fingerprint density at radius 2 is 0.679 bits per heavy atom. The summed E-state index contributed by atoms with van der Waals surface area (Å²) in [6.45, 7) is 0. The van der Waals surface area contributed by atoms with Crippen LogP contribution in [0.4, 0.5) is 0 Å². The first-order valence-electron chi connectivity index (χ1n) is 25.9. The van der Waals surface area contributed by atoms with E-state index in [-0.39, 0.29) is 0 Å². The minimum atomic E-state index is 0.813. The number of furan rings is 4. The lowest BCUT2D eigenvalue weighted by Gasteiger charge is -1.98. The topological polar surface area (TPSA) is 131 Å². The molecular formula is C64H30N10O4. The number of imidazole rings is 8. The number of aromatic nitrogens is 10. The molecule has 0 aliphatic carbocycles. The van der Waals surface area contributed by atoms with E-state index in [0.29, 0.717) is 0 Å². The Kier molecular flexibility index (Phi) is 6.34. The molecule has 12 aromatic heterocycles. The molecule has 0 fully saturated rings. The summed E-state index contributed by atoms with van der Waals surface area (Å²) < 4.78 is 38.2. The molecule has 10 aromatic carbocycles. The Bertz CT molecular complexity index is 6440. The molecule has 0 saturated carbocycles. The van der Waals surface area contributed by atoms with Crippen LogP contribution < -0.4 is 0 Å². The Morgan fingerprint density at radius 3 is 1.24 bits per heavy atom. The third-order valence-corrected chi connectivity index (χ3v) is 16.8. The molecule has 0 radical (unpaired) electrons. The zero-order valence-corrected chi connectivity index (χ0v) is 40.4. The van der Waals surface area contributed by atoms with E-state index in [2.05, 4.69) is 136 Å². The van der Waals surface area contributed by atoms with E-state index in [1.165, 1.54) is 0 Å². The van der Waals surface area contributed by atoms with Gasteiger partial charge < -0.3 is 17.7 Å². The second-order valence-corrected chi connectivity index (χ2v) is 20.6. The van der Waals surface area contributed by atoms with Crippen LogP contribution >= 0.6 is 0 Å². The van der Waals surface area contributed by atoms with E-state index in [1.807, 2.05) is 72.8 Å². The number of nitrogens with zero attached hydrogens (tertiary/aromatic N) is 10. The molecule has 14 nitrogen and oxygen atoms in total. The molecule has 12 heterocycles. The molecule has 0 N–H and O–H groups in total. The molecule has 0 atom stereocenters. The molecule has 0 spiro atoms. The second kappa shape index (κ2) is 12.9. The van der Waals surface area contributed by atoms with Crippen molar-refractivity contribution in [1.29, 1.82) is 0 Å². The van der Waals surface area contributed by atoms with E-state index in [1.54, 1.807) is 0 Å². The molecule has 22 aromatic rings. The van der Waals surface area contributed by atoms with Crippen molar-refractivity contribution in [2.24, 2.45) is 0 Å². The van der Waals surface area contributed by atoms with Gasteiger partial charge in [0.2, 0.25) is 23.1 Å². The molecule has 360 valence electrons. The van der Waals surface area contributed by atoms with Crippen molar-refractivity contribution in [2.75, 3.05) is 0 Å². The van der Waals surface area contributed by atoms with Gasteiger partial charge in [-0.25, -0.2) is 28.7 Å². The van der Waals surface area contributed by atoms with Gasteiger partial charge in [-0.3, -0.25) is 17.6 Å². The maximum Gasteiger partial charge on any atom is 0.223 e. The molecule has 0 aliphatic heterocycles. The van der Waals surface area contributed by atoms with Gasteiger partial charge in [0.25, 0.3) is 0 Å². The molecule has 0 amide bonds. The number of rotatable bonds is 0. The van der Waals surface area contributed by atoms with Crippen LogP contribution in [0.2, 0.25) is 0 Å². The Morgan fingerprint density at radius 1 is 0.256 bits per heavy atom. The largest absolute Gasteiger partial charge is 0.456 e. The average molecular weight is 1000 g/mol. The predicted molar refractivity (Wildman–Crippen MR) is 306 cm³/mol. The number of fused-ring (bicyclic) bond motifs is 34. The minimum Gasteiger partial charge on any atom is -0.456 e. The zero-order chi connectivity index (χ0) is 50.0. The lowest BCUT2D eigenvalue weighted by atomic mass is 10.1. The second-order valence-electron chi connectivity index (χ2n) is 20.6. The maximum absolute atomic E-state index is 6.33. The van der Waals surface area contributed by atoms with E-state index < -0.39 is 0 Å². The quantitative estimate of drug-likeness (QED) is 0.147. The van der Waals surface area contributed by atoms with Crippen molar-refractivity contribution in [3.63, 3.8) is 0 Å². The molecule has 0 saturated heterocycles. The highest BCUT2D eigenvalue weighted by atomic mass is 16.3. The molecule has 0 aliphatic rings. The third kappa shape index (κ3) is 4.34. The lowest BCUT2D eigenvalue weighted by molar-refractivity contribution is 0.669. The monoisotopic (exact) mass is 1000 g/mol. The SMILES string of the molecule is c1ccc2c(c1)oc1cc3c(cc12)nc1n3c2cccc3c2n1c1nc2c4c(ccc2n31)oc1ccccc14.c1ccc2c(c1)oc1cc3c(cc12)nc1n3c2cccc3c2n1c1nc2c4oc5ccccc5c4ccc2n31. The summed E-state index contributed by atoms with van der Waals surface area (Å²) in [5.41, 5.74) is 21.2. The van der Waals surface area contributed by atoms with Crippen molar-refractivity contribution in [1.82, 2.24) is 46.3 Å². The smallest absolute Gasteiger partial charge is 0.223 e. The first-order chi connectivity index (χ1) is 38.7. The molecule has 22 rings (SSSR count). The molecule has 14 heteroatoms. The fourth-order valence-electron chi connectivity index (χ4n) is 13.6. The summed E-state index contributed by atoms with van der Waals surface area (Å²) in [5.74, 6) is 3.34. The molecule has 78 heavy (non-hydrogen) atoms.